The van der Waals surface area contributed by atoms with E-state index < -0.39 is 12.1 Å². The number of hydrogen-bond acceptors (Lipinski definition) is 2. The van der Waals surface area contributed by atoms with Crippen LogP contribution < -0.4 is 0 Å². The maximum Gasteiger partial charge on any atom is 0.306 e. The first-order valence-corrected chi connectivity index (χ1v) is 4.76. The Bertz CT molecular complexity index is 169. The number of aliphatic carboxylic acids is 1. The molecule has 3 nitrogen and oxygen atoms in total. The predicted octanol–water partition coefficient (Wildman–Crippen LogP) is 1.29. The lowest BCUT2D eigenvalue weighted by molar-refractivity contribution is -0.138. The van der Waals surface area contributed by atoms with Gasteiger partial charge < -0.3 is 10.0 Å². The van der Waals surface area contributed by atoms with Crippen molar-refractivity contribution in [1.82, 2.24) is 4.90 Å². The second-order valence-electron chi connectivity index (χ2n) is 3.56. The third-order valence-electron chi connectivity index (χ3n) is 2.30. The molecule has 13 heavy (non-hydrogen) atoms. The maximum absolute atomic E-state index is 13.0. The average Bonchev–Trinajstić information content (AvgIpc) is 2.04. The van der Waals surface area contributed by atoms with E-state index in [-0.39, 0.29) is 13.0 Å². The van der Waals surface area contributed by atoms with Crippen molar-refractivity contribution in [1.29, 1.82) is 0 Å². The highest BCUT2D eigenvalue weighted by Crippen LogP contribution is 2.10. The second kappa shape index (κ2) is 5.17. The molecule has 1 fully saturated rings. The van der Waals surface area contributed by atoms with Crippen molar-refractivity contribution in [2.75, 3.05) is 19.6 Å². The molecule has 1 atom stereocenters. The summed E-state index contributed by atoms with van der Waals surface area (Å²) in [7, 11) is 0. The molecule has 1 aliphatic rings. The fourth-order valence-electron chi connectivity index (χ4n) is 1.68. The quantitative estimate of drug-likeness (QED) is 0.724. The molecule has 4 heteroatoms. The van der Waals surface area contributed by atoms with Crippen molar-refractivity contribution < 1.29 is 14.3 Å². The van der Waals surface area contributed by atoms with Gasteiger partial charge in [-0.2, -0.15) is 0 Å². The number of nitrogens with zero attached hydrogens (tertiary/aromatic N) is 1. The van der Waals surface area contributed by atoms with E-state index in [1.54, 1.807) is 0 Å². The lowest BCUT2D eigenvalue weighted by Crippen LogP contribution is -2.35. The van der Waals surface area contributed by atoms with Crippen molar-refractivity contribution in [3.63, 3.8) is 0 Å². The minimum Gasteiger partial charge on any atom is -0.481 e. The standard InChI is InChI=1S/C9H16FNO2/c10-8(6-9(12)13)7-11-4-2-1-3-5-11/h8H,1-7H2,(H,12,13). The first-order chi connectivity index (χ1) is 6.18. The summed E-state index contributed by atoms with van der Waals surface area (Å²) in [5.74, 6) is -1.05. The van der Waals surface area contributed by atoms with Crippen LogP contribution in [-0.2, 0) is 4.79 Å². The van der Waals surface area contributed by atoms with Gasteiger partial charge in [0.1, 0.15) is 6.17 Å². The molecule has 1 aliphatic heterocycles. The molecular weight excluding hydrogens is 173 g/mol. The summed E-state index contributed by atoms with van der Waals surface area (Å²) in [6, 6.07) is 0. The number of likely N-dealkylation sites (tertiary alicyclic amines) is 1. The molecule has 0 aliphatic carbocycles. The summed E-state index contributed by atoms with van der Waals surface area (Å²) in [6.45, 7) is 2.12. The SMILES string of the molecule is O=C(O)CC(F)CN1CCCCC1. The van der Waals surface area contributed by atoms with Crippen LogP contribution in [0, 0.1) is 0 Å². The van der Waals surface area contributed by atoms with E-state index in [4.69, 9.17) is 5.11 Å². The normalized spacial score (nSPS) is 21.3. The Morgan fingerprint density at radius 3 is 2.54 bits per heavy atom. The van der Waals surface area contributed by atoms with Gasteiger partial charge in [0.05, 0.1) is 6.42 Å². The summed E-state index contributed by atoms with van der Waals surface area (Å²) in [4.78, 5) is 12.2. The van der Waals surface area contributed by atoms with Gasteiger partial charge in [-0.1, -0.05) is 6.42 Å². The number of carboxylic acid groups (broad SMARTS) is 1. The van der Waals surface area contributed by atoms with Crippen LogP contribution in [0.1, 0.15) is 25.7 Å². The molecule has 1 heterocycles. The van der Waals surface area contributed by atoms with E-state index in [0.29, 0.717) is 0 Å². The van der Waals surface area contributed by atoms with Crippen LogP contribution in [0.2, 0.25) is 0 Å². The van der Waals surface area contributed by atoms with Crippen LogP contribution in [0.5, 0.6) is 0 Å². The van der Waals surface area contributed by atoms with Gasteiger partial charge in [-0.3, -0.25) is 4.79 Å². The number of rotatable bonds is 4. The van der Waals surface area contributed by atoms with Gasteiger partial charge in [-0.15, -0.1) is 0 Å². The van der Waals surface area contributed by atoms with Gasteiger partial charge in [0.15, 0.2) is 0 Å². The fourth-order valence-corrected chi connectivity index (χ4v) is 1.68. The molecule has 0 spiro atoms. The third-order valence-corrected chi connectivity index (χ3v) is 2.30. The molecule has 0 aromatic heterocycles. The van der Waals surface area contributed by atoms with Crippen LogP contribution in [0.3, 0.4) is 0 Å². The Morgan fingerprint density at radius 2 is 2.00 bits per heavy atom. The van der Waals surface area contributed by atoms with E-state index in [9.17, 15) is 9.18 Å². The van der Waals surface area contributed by atoms with Crippen LogP contribution in [0.4, 0.5) is 4.39 Å². The number of halogens is 1. The van der Waals surface area contributed by atoms with Gasteiger partial charge in [-0.05, 0) is 25.9 Å². The summed E-state index contributed by atoms with van der Waals surface area (Å²) in [5.41, 5.74) is 0. The molecule has 0 amide bonds. The largest absolute Gasteiger partial charge is 0.481 e. The number of hydrogen-bond donors (Lipinski definition) is 1. The van der Waals surface area contributed by atoms with E-state index >= 15 is 0 Å². The van der Waals surface area contributed by atoms with Gasteiger partial charge in [0, 0.05) is 6.54 Å². The van der Waals surface area contributed by atoms with Gasteiger partial charge in [0.2, 0.25) is 0 Å². The smallest absolute Gasteiger partial charge is 0.306 e. The first-order valence-electron chi connectivity index (χ1n) is 4.76. The number of carbonyl (C=O) groups is 1. The minimum atomic E-state index is -1.21. The average molecular weight is 189 g/mol. The highest BCUT2D eigenvalue weighted by molar-refractivity contribution is 5.67. The molecule has 76 valence electrons. The van der Waals surface area contributed by atoms with Crippen molar-refractivity contribution in [3.8, 4) is 0 Å². The first kappa shape index (κ1) is 10.4. The Hall–Kier alpha value is -0.640. The van der Waals surface area contributed by atoms with E-state index in [0.717, 1.165) is 25.9 Å². The van der Waals surface area contributed by atoms with Crippen LogP contribution in [0.15, 0.2) is 0 Å². The zero-order valence-electron chi connectivity index (χ0n) is 7.71. The van der Waals surface area contributed by atoms with Crippen molar-refractivity contribution >= 4 is 5.97 Å². The van der Waals surface area contributed by atoms with Gasteiger partial charge in [0.25, 0.3) is 0 Å². The topological polar surface area (TPSA) is 40.5 Å². The molecule has 0 bridgehead atoms. The second-order valence-corrected chi connectivity index (χ2v) is 3.56. The van der Waals surface area contributed by atoms with Crippen molar-refractivity contribution in [2.45, 2.75) is 31.9 Å². The van der Waals surface area contributed by atoms with Crippen molar-refractivity contribution in [3.05, 3.63) is 0 Å². The molecule has 1 rings (SSSR count). The van der Waals surface area contributed by atoms with E-state index in [1.165, 1.54) is 6.42 Å². The Labute approximate surface area is 77.5 Å². The molecular formula is C9H16FNO2. The van der Waals surface area contributed by atoms with Crippen LogP contribution in [0.25, 0.3) is 0 Å². The van der Waals surface area contributed by atoms with Crippen LogP contribution >= 0.6 is 0 Å². The molecule has 1 N–H and O–H groups in total. The molecule has 0 aromatic rings. The number of carboxylic acids is 1. The van der Waals surface area contributed by atoms with E-state index in [1.807, 2.05) is 4.90 Å². The molecule has 1 unspecified atom stereocenters. The number of piperidine rings is 1. The molecule has 0 saturated carbocycles. The molecule has 0 radical (unpaired) electrons. The minimum absolute atomic E-state index is 0.284. The lowest BCUT2D eigenvalue weighted by atomic mass is 10.1. The summed E-state index contributed by atoms with van der Waals surface area (Å²) in [6.07, 6.45) is 1.86. The lowest BCUT2D eigenvalue weighted by Gasteiger charge is -2.27. The Balaban J connectivity index is 2.18. The summed E-state index contributed by atoms with van der Waals surface area (Å²) < 4.78 is 13.0. The Morgan fingerprint density at radius 1 is 1.38 bits per heavy atom. The predicted molar refractivity (Wildman–Crippen MR) is 47.4 cm³/mol. The highest BCUT2D eigenvalue weighted by Gasteiger charge is 2.17. The van der Waals surface area contributed by atoms with E-state index in [2.05, 4.69) is 0 Å². The van der Waals surface area contributed by atoms with Gasteiger partial charge in [-0.25, -0.2) is 4.39 Å². The zero-order chi connectivity index (χ0) is 9.68. The third kappa shape index (κ3) is 4.22. The van der Waals surface area contributed by atoms with Crippen LogP contribution in [-0.4, -0.2) is 41.8 Å². The highest BCUT2D eigenvalue weighted by atomic mass is 19.1. The van der Waals surface area contributed by atoms with Gasteiger partial charge >= 0.3 is 5.97 Å². The summed E-state index contributed by atoms with van der Waals surface area (Å²) in [5, 5.41) is 8.35. The summed E-state index contributed by atoms with van der Waals surface area (Å²) >= 11 is 0. The Kier molecular flexibility index (Phi) is 4.15. The maximum atomic E-state index is 13.0. The molecule has 1 saturated heterocycles. The number of alkyl halides is 1. The van der Waals surface area contributed by atoms with Crippen molar-refractivity contribution in [2.24, 2.45) is 0 Å². The fraction of sp³-hybridized carbons (Fsp3) is 0.889. The zero-order valence-corrected chi connectivity index (χ0v) is 7.71. The molecule has 0 aromatic carbocycles. The monoisotopic (exact) mass is 189 g/mol.